The second-order valence-corrected chi connectivity index (χ2v) is 4.98. The average molecular weight is 239 g/mol. The first-order valence-electron chi connectivity index (χ1n) is 6.83. The minimum absolute atomic E-state index is 0.350. The molecule has 1 aliphatic heterocycles. The molecule has 0 amide bonds. The fourth-order valence-corrected chi connectivity index (χ4v) is 1.96. The second-order valence-electron chi connectivity index (χ2n) is 4.98. The summed E-state index contributed by atoms with van der Waals surface area (Å²) >= 11 is 0. The quantitative estimate of drug-likeness (QED) is 0.342. The van der Waals surface area contributed by atoms with Crippen LogP contribution in [0, 0.1) is 0 Å². The van der Waals surface area contributed by atoms with Gasteiger partial charge < -0.3 is 10.0 Å². The molecule has 3 heteroatoms. The van der Waals surface area contributed by atoms with Crippen LogP contribution >= 0.6 is 0 Å². The SMILES string of the molecule is C=C(CCCCCCCCCN1CC1)C(=O)O. The van der Waals surface area contributed by atoms with Gasteiger partial charge in [-0.3, -0.25) is 0 Å². The Labute approximate surface area is 105 Å². The van der Waals surface area contributed by atoms with Crippen LogP contribution in [0.4, 0.5) is 0 Å². The van der Waals surface area contributed by atoms with E-state index in [0.717, 1.165) is 12.8 Å². The summed E-state index contributed by atoms with van der Waals surface area (Å²) < 4.78 is 0. The molecule has 0 aromatic rings. The van der Waals surface area contributed by atoms with Crippen molar-refractivity contribution in [3.63, 3.8) is 0 Å². The van der Waals surface area contributed by atoms with Gasteiger partial charge in [0.15, 0.2) is 0 Å². The van der Waals surface area contributed by atoms with Gasteiger partial charge in [0.05, 0.1) is 0 Å². The van der Waals surface area contributed by atoms with Gasteiger partial charge in [-0.25, -0.2) is 4.79 Å². The molecule has 0 aliphatic carbocycles. The summed E-state index contributed by atoms with van der Waals surface area (Å²) in [7, 11) is 0. The second kappa shape index (κ2) is 8.29. The first-order chi connectivity index (χ1) is 8.20. The summed E-state index contributed by atoms with van der Waals surface area (Å²) in [5.74, 6) is -0.847. The highest BCUT2D eigenvalue weighted by atomic mass is 16.4. The van der Waals surface area contributed by atoms with Crippen LogP contribution in [0.5, 0.6) is 0 Å². The number of nitrogens with zero attached hydrogens (tertiary/aromatic N) is 1. The van der Waals surface area contributed by atoms with Crippen LogP contribution < -0.4 is 0 Å². The van der Waals surface area contributed by atoms with E-state index in [-0.39, 0.29) is 0 Å². The summed E-state index contributed by atoms with van der Waals surface area (Å²) in [5, 5.41) is 8.63. The van der Waals surface area contributed by atoms with Crippen molar-refractivity contribution >= 4 is 5.97 Å². The molecule has 98 valence electrons. The van der Waals surface area contributed by atoms with E-state index in [4.69, 9.17) is 5.11 Å². The van der Waals surface area contributed by atoms with E-state index in [0.29, 0.717) is 12.0 Å². The number of hydrogen-bond donors (Lipinski definition) is 1. The first kappa shape index (κ1) is 14.2. The minimum atomic E-state index is -0.847. The molecular weight excluding hydrogens is 214 g/mol. The molecule has 1 saturated heterocycles. The maximum atomic E-state index is 10.5. The van der Waals surface area contributed by atoms with Crippen LogP contribution in [0.2, 0.25) is 0 Å². The van der Waals surface area contributed by atoms with E-state index in [2.05, 4.69) is 11.5 Å². The summed E-state index contributed by atoms with van der Waals surface area (Å²) in [4.78, 5) is 13.0. The molecule has 1 aliphatic rings. The molecule has 0 aromatic heterocycles. The third-order valence-corrected chi connectivity index (χ3v) is 3.30. The summed E-state index contributed by atoms with van der Waals surface area (Å²) in [6, 6.07) is 0. The van der Waals surface area contributed by atoms with Crippen molar-refractivity contribution in [2.24, 2.45) is 0 Å². The maximum Gasteiger partial charge on any atom is 0.330 e. The van der Waals surface area contributed by atoms with Crippen molar-refractivity contribution in [2.75, 3.05) is 19.6 Å². The van der Waals surface area contributed by atoms with Gasteiger partial charge in [-0.15, -0.1) is 0 Å². The molecule has 0 unspecified atom stereocenters. The lowest BCUT2D eigenvalue weighted by atomic mass is 10.1. The molecule has 0 atom stereocenters. The van der Waals surface area contributed by atoms with Crippen LogP contribution in [0.25, 0.3) is 0 Å². The fourth-order valence-electron chi connectivity index (χ4n) is 1.96. The highest BCUT2D eigenvalue weighted by Gasteiger charge is 2.14. The minimum Gasteiger partial charge on any atom is -0.478 e. The topological polar surface area (TPSA) is 40.3 Å². The van der Waals surface area contributed by atoms with Crippen LogP contribution in [-0.2, 0) is 4.79 Å². The molecule has 0 saturated carbocycles. The zero-order chi connectivity index (χ0) is 12.5. The van der Waals surface area contributed by atoms with E-state index in [1.807, 2.05) is 0 Å². The van der Waals surface area contributed by atoms with Crippen molar-refractivity contribution in [3.8, 4) is 0 Å². The van der Waals surface area contributed by atoms with Crippen molar-refractivity contribution in [2.45, 2.75) is 51.4 Å². The first-order valence-corrected chi connectivity index (χ1v) is 6.83. The predicted molar refractivity (Wildman–Crippen MR) is 70.2 cm³/mol. The molecule has 17 heavy (non-hydrogen) atoms. The number of carboxylic acid groups (broad SMARTS) is 1. The van der Waals surface area contributed by atoms with Gasteiger partial charge in [0, 0.05) is 18.7 Å². The van der Waals surface area contributed by atoms with Crippen LogP contribution in [0.15, 0.2) is 12.2 Å². The highest BCUT2D eigenvalue weighted by molar-refractivity contribution is 5.85. The van der Waals surface area contributed by atoms with Gasteiger partial charge >= 0.3 is 5.97 Å². The van der Waals surface area contributed by atoms with Crippen LogP contribution in [0.3, 0.4) is 0 Å². The number of hydrogen-bond acceptors (Lipinski definition) is 2. The Kier molecular flexibility index (Phi) is 6.94. The third-order valence-electron chi connectivity index (χ3n) is 3.30. The van der Waals surface area contributed by atoms with E-state index < -0.39 is 5.97 Å². The predicted octanol–water partition coefficient (Wildman–Crippen LogP) is 3.06. The molecule has 3 nitrogen and oxygen atoms in total. The summed E-state index contributed by atoms with van der Waals surface area (Å²) in [5.41, 5.74) is 0.350. The number of unbranched alkanes of at least 4 members (excludes halogenated alkanes) is 6. The monoisotopic (exact) mass is 239 g/mol. The van der Waals surface area contributed by atoms with Gasteiger partial charge in [0.25, 0.3) is 0 Å². The van der Waals surface area contributed by atoms with Gasteiger partial charge in [0.2, 0.25) is 0 Å². The van der Waals surface area contributed by atoms with Crippen molar-refractivity contribution in [1.29, 1.82) is 0 Å². The Morgan fingerprint density at radius 1 is 1.00 bits per heavy atom. The molecule has 1 heterocycles. The average Bonchev–Trinajstić information content (AvgIpc) is 3.10. The molecule has 1 rings (SSSR count). The van der Waals surface area contributed by atoms with E-state index in [1.165, 1.54) is 51.7 Å². The van der Waals surface area contributed by atoms with E-state index >= 15 is 0 Å². The van der Waals surface area contributed by atoms with Crippen molar-refractivity contribution in [1.82, 2.24) is 4.90 Å². The highest BCUT2D eigenvalue weighted by Crippen LogP contribution is 2.12. The van der Waals surface area contributed by atoms with Crippen LogP contribution in [0.1, 0.15) is 51.4 Å². The Morgan fingerprint density at radius 3 is 2.06 bits per heavy atom. The van der Waals surface area contributed by atoms with E-state index in [1.54, 1.807) is 0 Å². The number of aliphatic carboxylic acids is 1. The van der Waals surface area contributed by atoms with Gasteiger partial charge in [-0.2, -0.15) is 0 Å². The lowest BCUT2D eigenvalue weighted by Gasteiger charge is -2.03. The lowest BCUT2D eigenvalue weighted by molar-refractivity contribution is -0.132. The maximum absolute atomic E-state index is 10.5. The zero-order valence-electron chi connectivity index (χ0n) is 10.8. The van der Waals surface area contributed by atoms with Gasteiger partial charge in [0.1, 0.15) is 0 Å². The molecular formula is C14H25NO2. The lowest BCUT2D eigenvalue weighted by Crippen LogP contribution is -1.99. The Hall–Kier alpha value is -0.830. The van der Waals surface area contributed by atoms with Gasteiger partial charge in [-0.1, -0.05) is 38.7 Å². The number of carbonyl (C=O) groups is 1. The Morgan fingerprint density at radius 2 is 1.53 bits per heavy atom. The summed E-state index contributed by atoms with van der Waals surface area (Å²) in [6.45, 7) is 7.45. The van der Waals surface area contributed by atoms with Crippen molar-refractivity contribution < 1.29 is 9.90 Å². The smallest absolute Gasteiger partial charge is 0.330 e. The molecule has 1 N–H and O–H groups in total. The zero-order valence-corrected chi connectivity index (χ0v) is 10.8. The molecule has 0 bridgehead atoms. The number of carboxylic acids is 1. The molecule has 0 aromatic carbocycles. The van der Waals surface area contributed by atoms with Gasteiger partial charge in [-0.05, 0) is 25.8 Å². The Bertz CT molecular complexity index is 247. The Balaban J connectivity index is 1.74. The third kappa shape index (κ3) is 7.97. The number of rotatable bonds is 11. The van der Waals surface area contributed by atoms with Crippen molar-refractivity contribution in [3.05, 3.63) is 12.2 Å². The van der Waals surface area contributed by atoms with Crippen LogP contribution in [-0.4, -0.2) is 35.6 Å². The van der Waals surface area contributed by atoms with E-state index in [9.17, 15) is 4.79 Å². The molecule has 0 radical (unpaired) electrons. The molecule has 0 spiro atoms. The normalized spacial score (nSPS) is 14.8. The summed E-state index contributed by atoms with van der Waals surface area (Å²) in [6.07, 6.45) is 9.29. The standard InChI is InChI=1S/C14H25NO2/c1-13(14(16)17)9-7-5-3-2-4-6-8-10-15-11-12-15/h1-12H2,(H,16,17). The largest absolute Gasteiger partial charge is 0.478 e. The fraction of sp³-hybridized carbons (Fsp3) is 0.786. The molecule has 1 fully saturated rings.